The monoisotopic (exact) mass is 518 g/mol. The van der Waals surface area contributed by atoms with Gasteiger partial charge in [0.25, 0.3) is 0 Å². The lowest BCUT2D eigenvalue weighted by atomic mass is 9.44. The molecule has 4 rings (SSSR count). The molecule has 0 amide bonds. The van der Waals surface area contributed by atoms with Crippen molar-refractivity contribution in [3.63, 3.8) is 0 Å². The summed E-state index contributed by atoms with van der Waals surface area (Å²) in [5.41, 5.74) is 2.35. The molecule has 202 valence electrons. The molecule has 1 aromatic carbocycles. The highest BCUT2D eigenvalue weighted by atomic mass is 32.2. The van der Waals surface area contributed by atoms with Crippen molar-refractivity contribution in [2.24, 2.45) is 27.8 Å². The summed E-state index contributed by atoms with van der Waals surface area (Å²) in [7, 11) is 0.209. The van der Waals surface area contributed by atoms with Gasteiger partial charge >= 0.3 is 10.3 Å². The summed E-state index contributed by atoms with van der Waals surface area (Å²) < 4.78 is 28.0. The van der Waals surface area contributed by atoms with Crippen molar-refractivity contribution in [2.75, 3.05) is 20.6 Å². The van der Waals surface area contributed by atoms with E-state index in [9.17, 15) is 13.5 Å². The van der Waals surface area contributed by atoms with E-state index < -0.39 is 10.3 Å². The van der Waals surface area contributed by atoms with Crippen LogP contribution < -0.4 is 9.32 Å². The topological polar surface area (TPSA) is 92.9 Å². The number of unbranched alkanes of at least 4 members (excludes halogenated alkanes) is 4. The highest BCUT2D eigenvalue weighted by molar-refractivity contribution is 7.84. The second kappa shape index (κ2) is 10.8. The van der Waals surface area contributed by atoms with Crippen LogP contribution in [0.25, 0.3) is 0 Å². The predicted octanol–water partition coefficient (Wildman–Crippen LogP) is 5.17. The number of nitrogens with two attached hydrogens (primary N) is 1. The Morgan fingerprint density at radius 1 is 1.19 bits per heavy atom. The maximum absolute atomic E-state index is 11.5. The minimum absolute atomic E-state index is 0.0455. The van der Waals surface area contributed by atoms with E-state index in [-0.39, 0.29) is 22.7 Å². The summed E-state index contributed by atoms with van der Waals surface area (Å²) in [5.74, 6) is 1.49. The van der Waals surface area contributed by atoms with Crippen LogP contribution in [0.15, 0.2) is 30.9 Å². The minimum atomic E-state index is -4.05. The first kappa shape index (κ1) is 27.6. The highest BCUT2D eigenvalue weighted by Crippen LogP contribution is 2.69. The quantitative estimate of drug-likeness (QED) is 0.311. The third-order valence-corrected chi connectivity index (χ3v) is 10.2. The van der Waals surface area contributed by atoms with Crippen LogP contribution in [-0.2, 0) is 16.7 Å². The second-order valence-electron chi connectivity index (χ2n) is 12.2. The van der Waals surface area contributed by atoms with Gasteiger partial charge in [0, 0.05) is 0 Å². The normalized spacial score (nSPS) is 33.6. The lowest BCUT2D eigenvalue weighted by molar-refractivity contribution is -0.0812. The molecular weight excluding hydrogens is 472 g/mol. The van der Waals surface area contributed by atoms with Gasteiger partial charge < -0.3 is 14.2 Å². The SMILES string of the molecule is C=CC12CCc3cc(OS(N)(=O)=O)ccc3C1[C@@H](CCCCCCCN(C)C)C[C@@]1(C)C2CC[C@@H]1O. The van der Waals surface area contributed by atoms with Crippen molar-refractivity contribution in [1.82, 2.24) is 4.90 Å². The smallest absolute Gasteiger partial charge is 0.380 e. The van der Waals surface area contributed by atoms with E-state index in [1.54, 1.807) is 6.07 Å². The van der Waals surface area contributed by atoms with Crippen molar-refractivity contribution in [1.29, 1.82) is 0 Å². The summed E-state index contributed by atoms with van der Waals surface area (Å²) in [5, 5.41) is 16.3. The van der Waals surface area contributed by atoms with E-state index in [2.05, 4.69) is 44.6 Å². The van der Waals surface area contributed by atoms with E-state index in [1.807, 2.05) is 6.07 Å². The molecule has 2 saturated carbocycles. The van der Waals surface area contributed by atoms with Crippen LogP contribution in [0.4, 0.5) is 0 Å². The summed E-state index contributed by atoms with van der Waals surface area (Å²) in [4.78, 5) is 2.25. The molecule has 1 aromatic rings. The fourth-order valence-corrected chi connectivity index (χ4v) is 8.60. The number of rotatable bonds is 11. The zero-order valence-corrected chi connectivity index (χ0v) is 23.2. The molecule has 3 unspecified atom stereocenters. The number of benzene rings is 1. The van der Waals surface area contributed by atoms with Crippen LogP contribution in [0, 0.1) is 22.7 Å². The number of fused-ring (bicyclic) bond motifs is 5. The molecule has 0 aromatic heterocycles. The van der Waals surface area contributed by atoms with Gasteiger partial charge in [-0.15, -0.1) is 6.58 Å². The Morgan fingerprint density at radius 2 is 1.92 bits per heavy atom. The summed E-state index contributed by atoms with van der Waals surface area (Å²) in [6, 6.07) is 5.69. The Morgan fingerprint density at radius 3 is 2.61 bits per heavy atom. The molecule has 0 saturated heterocycles. The number of aliphatic hydroxyl groups is 1. The van der Waals surface area contributed by atoms with Crippen molar-refractivity contribution in [3.05, 3.63) is 42.0 Å². The molecule has 3 aliphatic carbocycles. The fraction of sp³-hybridized carbons (Fsp3) is 0.724. The zero-order chi connectivity index (χ0) is 26.1. The molecule has 0 bridgehead atoms. The molecule has 0 aliphatic heterocycles. The lowest BCUT2D eigenvalue weighted by Crippen LogP contribution is -2.54. The van der Waals surface area contributed by atoms with Crippen LogP contribution in [0.1, 0.15) is 88.2 Å². The van der Waals surface area contributed by atoms with Gasteiger partial charge in [-0.1, -0.05) is 44.7 Å². The molecule has 3 aliphatic rings. The van der Waals surface area contributed by atoms with Crippen molar-refractivity contribution < 1.29 is 17.7 Å². The summed E-state index contributed by atoms with van der Waals surface area (Å²) >= 11 is 0. The Balaban J connectivity index is 1.59. The Bertz CT molecular complexity index is 1040. The van der Waals surface area contributed by atoms with Gasteiger partial charge in [0.15, 0.2) is 0 Å². The maximum Gasteiger partial charge on any atom is 0.380 e. The molecule has 6 nitrogen and oxygen atoms in total. The highest BCUT2D eigenvalue weighted by Gasteiger charge is 2.63. The molecule has 0 heterocycles. The summed E-state index contributed by atoms with van der Waals surface area (Å²) in [6.07, 6.45) is 14.1. The molecular formula is C29H46N2O4S. The van der Waals surface area contributed by atoms with E-state index in [4.69, 9.17) is 9.32 Å². The number of allylic oxidation sites excluding steroid dienone is 1. The first-order valence-electron chi connectivity index (χ1n) is 13.8. The number of aryl methyl sites for hydroxylation is 1. The van der Waals surface area contributed by atoms with Crippen LogP contribution >= 0.6 is 0 Å². The third kappa shape index (κ3) is 5.40. The summed E-state index contributed by atoms with van der Waals surface area (Å²) in [6.45, 7) is 7.86. The largest absolute Gasteiger partial charge is 0.393 e. The predicted molar refractivity (Wildman–Crippen MR) is 145 cm³/mol. The van der Waals surface area contributed by atoms with Crippen LogP contribution in [0.2, 0.25) is 0 Å². The molecule has 7 heteroatoms. The van der Waals surface area contributed by atoms with E-state index in [1.165, 1.54) is 37.7 Å². The third-order valence-electron chi connectivity index (χ3n) is 9.74. The fourth-order valence-electron chi connectivity index (χ4n) is 8.23. The number of hydrogen-bond acceptors (Lipinski definition) is 5. The second-order valence-corrected chi connectivity index (χ2v) is 13.4. The van der Waals surface area contributed by atoms with E-state index in [0.29, 0.717) is 17.8 Å². The van der Waals surface area contributed by atoms with Crippen LogP contribution in [0.5, 0.6) is 5.75 Å². The lowest BCUT2D eigenvalue weighted by Gasteiger charge is -2.60. The Labute approximate surface area is 218 Å². The Kier molecular flexibility index (Phi) is 8.25. The number of aliphatic hydroxyl groups excluding tert-OH is 1. The molecule has 0 radical (unpaired) electrons. The standard InChI is InChI=1S/C29H46N2O4S/c1-5-29-17-16-21-19-23(35-36(30,33)34)12-13-24(21)27(29)22(11-9-7-6-8-10-18-31(3)4)20-28(2)25(29)14-15-26(28)32/h5,12-13,19,22,25-27,32H,1,6-11,14-18,20H2,2-4H3,(H2,30,33,34)/t22-,25?,26-,27?,28-,29?/m0/s1. The van der Waals surface area contributed by atoms with E-state index in [0.717, 1.165) is 50.6 Å². The van der Waals surface area contributed by atoms with Gasteiger partial charge in [0.1, 0.15) is 5.75 Å². The number of nitrogens with zero attached hydrogens (tertiary/aromatic N) is 1. The molecule has 6 atom stereocenters. The molecule has 0 spiro atoms. The Hall–Kier alpha value is -1.41. The average Bonchev–Trinajstić information content (AvgIpc) is 3.11. The first-order valence-corrected chi connectivity index (χ1v) is 15.3. The van der Waals surface area contributed by atoms with E-state index >= 15 is 0 Å². The van der Waals surface area contributed by atoms with Crippen molar-refractivity contribution in [3.8, 4) is 5.75 Å². The van der Waals surface area contributed by atoms with Gasteiger partial charge in [-0.25, -0.2) is 0 Å². The van der Waals surface area contributed by atoms with Gasteiger partial charge in [-0.3, -0.25) is 0 Å². The van der Waals surface area contributed by atoms with Crippen LogP contribution in [-0.4, -0.2) is 45.2 Å². The van der Waals surface area contributed by atoms with Crippen molar-refractivity contribution in [2.45, 2.75) is 89.6 Å². The minimum Gasteiger partial charge on any atom is -0.393 e. The van der Waals surface area contributed by atoms with Gasteiger partial charge in [0.2, 0.25) is 0 Å². The zero-order valence-electron chi connectivity index (χ0n) is 22.4. The average molecular weight is 519 g/mol. The van der Waals surface area contributed by atoms with Gasteiger partial charge in [0.05, 0.1) is 6.10 Å². The first-order chi connectivity index (χ1) is 17.0. The van der Waals surface area contributed by atoms with Gasteiger partial charge in [-0.05, 0) is 117 Å². The molecule has 3 N–H and O–H groups in total. The van der Waals surface area contributed by atoms with Crippen LogP contribution in [0.3, 0.4) is 0 Å². The maximum atomic E-state index is 11.5. The molecule has 36 heavy (non-hydrogen) atoms. The van der Waals surface area contributed by atoms with Gasteiger partial charge in [-0.2, -0.15) is 13.6 Å². The molecule has 2 fully saturated rings. The number of hydrogen-bond donors (Lipinski definition) is 2. The van der Waals surface area contributed by atoms with Crippen molar-refractivity contribution >= 4 is 10.3 Å².